The molecule has 0 saturated heterocycles. The van der Waals surface area contributed by atoms with Crippen molar-refractivity contribution in [3.63, 3.8) is 0 Å². The molecule has 0 unspecified atom stereocenters. The van der Waals surface area contributed by atoms with Crippen molar-refractivity contribution in [3.8, 4) is 16.9 Å². The lowest BCUT2D eigenvalue weighted by molar-refractivity contribution is 0.239. The Morgan fingerprint density at radius 1 is 0.821 bits per heavy atom. The molecule has 0 aliphatic heterocycles. The predicted molar refractivity (Wildman–Crippen MR) is 118 cm³/mol. The molecule has 0 spiro atoms. The summed E-state index contributed by atoms with van der Waals surface area (Å²) in [5.41, 5.74) is 2.32. The lowest BCUT2D eigenvalue weighted by atomic mass is 9.83. The smallest absolute Gasteiger partial charge is 0.201 e. The van der Waals surface area contributed by atoms with Crippen LogP contribution in [0, 0.1) is 17.6 Å². The molecular formula is C24H27F2IO. The highest BCUT2D eigenvalue weighted by Gasteiger charge is 2.22. The van der Waals surface area contributed by atoms with E-state index < -0.39 is 11.6 Å². The summed E-state index contributed by atoms with van der Waals surface area (Å²) in [6.45, 7) is 0.476. The highest BCUT2D eigenvalue weighted by molar-refractivity contribution is 14.1. The molecular weight excluding hydrogens is 469 g/mol. The Morgan fingerprint density at radius 3 is 2.18 bits per heavy atom. The quantitative estimate of drug-likeness (QED) is 0.305. The number of halogens is 3. The zero-order chi connectivity index (χ0) is 19.5. The van der Waals surface area contributed by atoms with E-state index in [-0.39, 0.29) is 5.75 Å². The second-order valence-corrected chi connectivity index (χ2v) is 10.0. The van der Waals surface area contributed by atoms with Crippen LogP contribution in [0.5, 0.6) is 5.75 Å². The van der Waals surface area contributed by atoms with Crippen LogP contribution < -0.4 is 4.74 Å². The standard InChI is InChI=1S/C24H27F2IO/c25-23-21(13-14-22(24(23)26)28-15-16-3-1-2-4-16)19-7-5-17(6-8-19)18-9-11-20(27)12-10-18/h5-8,13-14,16,18,20H,1-4,9-12,15H2. The summed E-state index contributed by atoms with van der Waals surface area (Å²) in [7, 11) is 0. The first kappa shape index (κ1) is 20.1. The molecule has 0 aromatic heterocycles. The van der Waals surface area contributed by atoms with E-state index in [0.717, 1.165) is 16.8 Å². The van der Waals surface area contributed by atoms with Gasteiger partial charge in [0.1, 0.15) is 0 Å². The summed E-state index contributed by atoms with van der Waals surface area (Å²) in [6, 6.07) is 11.2. The largest absolute Gasteiger partial charge is 0.490 e. The molecule has 0 bridgehead atoms. The van der Waals surface area contributed by atoms with Gasteiger partial charge in [-0.3, -0.25) is 0 Å². The molecule has 2 aliphatic rings. The summed E-state index contributed by atoms with van der Waals surface area (Å²) in [5, 5.41) is 0. The zero-order valence-electron chi connectivity index (χ0n) is 16.1. The van der Waals surface area contributed by atoms with Crippen molar-refractivity contribution in [3.05, 3.63) is 53.6 Å². The van der Waals surface area contributed by atoms with Crippen LogP contribution in [0.2, 0.25) is 0 Å². The summed E-state index contributed by atoms with van der Waals surface area (Å²) in [6.07, 6.45) is 9.59. The van der Waals surface area contributed by atoms with Gasteiger partial charge in [0, 0.05) is 9.49 Å². The summed E-state index contributed by atoms with van der Waals surface area (Å²) in [5.74, 6) is -0.604. The molecule has 0 atom stereocenters. The monoisotopic (exact) mass is 496 g/mol. The first-order valence-electron chi connectivity index (χ1n) is 10.5. The van der Waals surface area contributed by atoms with E-state index in [4.69, 9.17) is 4.74 Å². The van der Waals surface area contributed by atoms with E-state index in [1.165, 1.54) is 44.1 Å². The zero-order valence-corrected chi connectivity index (χ0v) is 18.3. The van der Waals surface area contributed by atoms with E-state index >= 15 is 0 Å². The summed E-state index contributed by atoms with van der Waals surface area (Å²) >= 11 is 2.54. The van der Waals surface area contributed by atoms with Crippen LogP contribution in [0.3, 0.4) is 0 Å². The first-order valence-corrected chi connectivity index (χ1v) is 11.7. The second-order valence-electron chi connectivity index (χ2n) is 8.27. The lowest BCUT2D eigenvalue weighted by Crippen LogP contribution is -2.12. The second kappa shape index (κ2) is 9.10. The number of benzene rings is 2. The van der Waals surface area contributed by atoms with Gasteiger partial charge in [0.25, 0.3) is 0 Å². The van der Waals surface area contributed by atoms with Gasteiger partial charge < -0.3 is 4.74 Å². The van der Waals surface area contributed by atoms with Crippen LogP contribution in [-0.2, 0) is 0 Å². The van der Waals surface area contributed by atoms with Crippen molar-refractivity contribution >= 4 is 22.6 Å². The van der Waals surface area contributed by atoms with Crippen molar-refractivity contribution < 1.29 is 13.5 Å². The van der Waals surface area contributed by atoms with Gasteiger partial charge in [0.15, 0.2) is 11.6 Å². The number of ether oxygens (including phenoxy) is 1. The molecule has 28 heavy (non-hydrogen) atoms. The fourth-order valence-corrected chi connectivity index (χ4v) is 5.29. The molecule has 0 heterocycles. The van der Waals surface area contributed by atoms with E-state index in [1.807, 2.05) is 12.1 Å². The summed E-state index contributed by atoms with van der Waals surface area (Å²) in [4.78, 5) is 0. The van der Waals surface area contributed by atoms with Gasteiger partial charge in [0.2, 0.25) is 5.82 Å². The van der Waals surface area contributed by atoms with Crippen LogP contribution >= 0.6 is 22.6 Å². The van der Waals surface area contributed by atoms with Gasteiger partial charge in [-0.05, 0) is 73.6 Å². The molecule has 2 aliphatic carbocycles. The number of hydrogen-bond acceptors (Lipinski definition) is 1. The predicted octanol–water partition coefficient (Wildman–Crippen LogP) is 7.66. The van der Waals surface area contributed by atoms with Crippen molar-refractivity contribution in [1.29, 1.82) is 0 Å². The van der Waals surface area contributed by atoms with Crippen LogP contribution in [0.15, 0.2) is 36.4 Å². The third kappa shape index (κ3) is 4.52. The first-order chi connectivity index (χ1) is 13.6. The van der Waals surface area contributed by atoms with Crippen molar-refractivity contribution in [2.75, 3.05) is 6.61 Å². The number of hydrogen-bond donors (Lipinski definition) is 0. The third-order valence-electron chi connectivity index (χ3n) is 6.35. The lowest BCUT2D eigenvalue weighted by Gasteiger charge is -2.25. The maximum atomic E-state index is 14.7. The van der Waals surface area contributed by atoms with Gasteiger partial charge in [0.05, 0.1) is 6.61 Å². The Hall–Kier alpha value is -1.17. The fourth-order valence-electron chi connectivity index (χ4n) is 4.57. The average Bonchev–Trinajstić information content (AvgIpc) is 3.24. The van der Waals surface area contributed by atoms with Gasteiger partial charge >= 0.3 is 0 Å². The van der Waals surface area contributed by atoms with E-state index in [1.54, 1.807) is 12.1 Å². The van der Waals surface area contributed by atoms with Gasteiger partial charge in [-0.25, -0.2) is 4.39 Å². The minimum Gasteiger partial charge on any atom is -0.490 e. The molecule has 2 aromatic carbocycles. The minimum absolute atomic E-state index is 0.0281. The normalized spacial score (nSPS) is 23.1. The van der Waals surface area contributed by atoms with Gasteiger partial charge in [-0.15, -0.1) is 0 Å². The SMILES string of the molecule is Fc1c(OCC2CCCC2)ccc(-c2ccc(C3CCC(I)CC3)cc2)c1F. The molecule has 1 nitrogen and oxygen atoms in total. The van der Waals surface area contributed by atoms with Crippen LogP contribution in [0.4, 0.5) is 8.78 Å². The molecule has 2 saturated carbocycles. The molecule has 0 amide bonds. The Bertz CT molecular complexity index is 791. The fraction of sp³-hybridized carbons (Fsp3) is 0.500. The maximum absolute atomic E-state index is 14.7. The van der Waals surface area contributed by atoms with Crippen LogP contribution in [0.25, 0.3) is 11.1 Å². The molecule has 4 rings (SSSR count). The Labute approximate surface area is 180 Å². The molecule has 150 valence electrons. The minimum atomic E-state index is -0.875. The Balaban J connectivity index is 1.46. The van der Waals surface area contributed by atoms with Crippen molar-refractivity contribution in [1.82, 2.24) is 0 Å². The van der Waals surface area contributed by atoms with E-state index in [2.05, 4.69) is 34.7 Å². The van der Waals surface area contributed by atoms with Crippen LogP contribution in [-0.4, -0.2) is 10.5 Å². The van der Waals surface area contributed by atoms with E-state index in [0.29, 0.717) is 29.6 Å². The van der Waals surface area contributed by atoms with Crippen molar-refractivity contribution in [2.45, 2.75) is 61.2 Å². The Kier molecular flexibility index (Phi) is 6.54. The highest BCUT2D eigenvalue weighted by Crippen LogP contribution is 2.37. The van der Waals surface area contributed by atoms with Gasteiger partial charge in [-0.1, -0.05) is 59.7 Å². The molecule has 0 N–H and O–H groups in total. The van der Waals surface area contributed by atoms with Crippen LogP contribution in [0.1, 0.15) is 62.8 Å². The topological polar surface area (TPSA) is 9.23 Å². The molecule has 4 heteroatoms. The third-order valence-corrected chi connectivity index (χ3v) is 7.59. The van der Waals surface area contributed by atoms with Crippen molar-refractivity contribution in [2.24, 2.45) is 5.92 Å². The number of alkyl halides is 1. The molecule has 2 aromatic rings. The molecule has 2 fully saturated rings. The molecule has 0 radical (unpaired) electrons. The van der Waals surface area contributed by atoms with Gasteiger partial charge in [-0.2, -0.15) is 4.39 Å². The highest BCUT2D eigenvalue weighted by atomic mass is 127. The number of rotatable bonds is 5. The Morgan fingerprint density at radius 2 is 1.50 bits per heavy atom. The van der Waals surface area contributed by atoms with E-state index in [9.17, 15) is 8.78 Å². The maximum Gasteiger partial charge on any atom is 0.201 e. The summed E-state index contributed by atoms with van der Waals surface area (Å²) < 4.78 is 35.6. The average molecular weight is 496 g/mol.